The number of aryl methyl sites for hydroxylation is 1. The van der Waals surface area contributed by atoms with Crippen LogP contribution >= 0.6 is 15.9 Å². The predicted molar refractivity (Wildman–Crippen MR) is 106 cm³/mol. The lowest BCUT2D eigenvalue weighted by Crippen LogP contribution is -2.02. The topological polar surface area (TPSA) is 80.5 Å². The molecule has 5 nitrogen and oxygen atoms in total. The molecule has 0 saturated heterocycles. The number of para-hydroxylation sites is 1. The van der Waals surface area contributed by atoms with Gasteiger partial charge in [-0.05, 0) is 30.7 Å². The van der Waals surface area contributed by atoms with Gasteiger partial charge in [0.15, 0.2) is 5.65 Å². The van der Waals surface area contributed by atoms with Crippen molar-refractivity contribution in [2.24, 2.45) is 0 Å². The normalized spacial score (nSPS) is 10.8. The second kappa shape index (κ2) is 6.28. The minimum Gasteiger partial charge on any atom is -0.383 e. The number of halogens is 1. The molecule has 0 amide bonds. The van der Waals surface area contributed by atoms with Gasteiger partial charge in [0.25, 0.3) is 0 Å². The molecule has 2 heterocycles. The maximum Gasteiger partial charge on any atom is 0.166 e. The van der Waals surface area contributed by atoms with Crippen molar-refractivity contribution in [3.05, 3.63) is 70.3 Å². The van der Waals surface area contributed by atoms with E-state index in [9.17, 15) is 5.26 Å². The lowest BCUT2D eigenvalue weighted by molar-refractivity contribution is 0.878. The summed E-state index contributed by atoms with van der Waals surface area (Å²) < 4.78 is 2.65. The van der Waals surface area contributed by atoms with Crippen molar-refractivity contribution < 1.29 is 0 Å². The molecule has 0 bridgehead atoms. The number of hydrogen-bond donors (Lipinski definition) is 1. The Morgan fingerprint density at radius 3 is 2.46 bits per heavy atom. The minimum absolute atomic E-state index is 0.197. The third-order valence-electron chi connectivity index (χ3n) is 4.27. The largest absolute Gasteiger partial charge is 0.383 e. The van der Waals surface area contributed by atoms with E-state index in [4.69, 9.17) is 5.73 Å². The number of hydrogen-bond acceptors (Lipinski definition) is 4. The monoisotopic (exact) mass is 403 g/mol. The maximum absolute atomic E-state index is 9.71. The summed E-state index contributed by atoms with van der Waals surface area (Å²) in [4.78, 5) is 4.50. The number of benzene rings is 2. The summed E-state index contributed by atoms with van der Waals surface area (Å²) in [6, 6.07) is 19.7. The van der Waals surface area contributed by atoms with Crippen molar-refractivity contribution in [3.8, 4) is 22.9 Å². The Balaban J connectivity index is 2.16. The Labute approximate surface area is 158 Å². The molecule has 0 aliphatic heterocycles. The smallest absolute Gasteiger partial charge is 0.166 e. The second-order valence-electron chi connectivity index (χ2n) is 5.87. The number of pyridine rings is 1. The van der Waals surface area contributed by atoms with E-state index in [1.807, 2.05) is 61.5 Å². The zero-order chi connectivity index (χ0) is 18.3. The predicted octanol–water partition coefficient (Wildman–Crippen LogP) is 4.61. The van der Waals surface area contributed by atoms with E-state index in [2.05, 4.69) is 32.1 Å². The van der Waals surface area contributed by atoms with Crippen LogP contribution in [0.3, 0.4) is 0 Å². The molecule has 0 atom stereocenters. The molecule has 6 heteroatoms. The number of rotatable bonds is 2. The Bertz CT molecular complexity index is 1170. The molecule has 2 aromatic heterocycles. The van der Waals surface area contributed by atoms with Crippen LogP contribution in [-0.4, -0.2) is 14.8 Å². The molecule has 0 aliphatic rings. The number of anilines is 1. The molecule has 0 saturated carbocycles. The summed E-state index contributed by atoms with van der Waals surface area (Å²) >= 11 is 3.59. The summed E-state index contributed by atoms with van der Waals surface area (Å²) in [5.41, 5.74) is 10.5. The SMILES string of the molecule is Cc1nn(-c2ccccc2)c2nc(N)c(C#N)c(-c3ccccc3Br)c12. The lowest BCUT2D eigenvalue weighted by atomic mass is 9.97. The highest BCUT2D eigenvalue weighted by Crippen LogP contribution is 2.39. The fraction of sp³-hybridized carbons (Fsp3) is 0.0500. The van der Waals surface area contributed by atoms with Gasteiger partial charge in [-0.15, -0.1) is 0 Å². The van der Waals surface area contributed by atoms with Crippen molar-refractivity contribution in [1.82, 2.24) is 14.8 Å². The lowest BCUT2D eigenvalue weighted by Gasteiger charge is -2.11. The van der Waals surface area contributed by atoms with E-state index in [1.165, 1.54) is 0 Å². The first-order chi connectivity index (χ1) is 12.6. The van der Waals surface area contributed by atoms with Crippen molar-refractivity contribution in [3.63, 3.8) is 0 Å². The molecule has 26 heavy (non-hydrogen) atoms. The summed E-state index contributed by atoms with van der Waals surface area (Å²) in [5, 5.41) is 15.2. The van der Waals surface area contributed by atoms with Crippen LogP contribution in [-0.2, 0) is 0 Å². The fourth-order valence-electron chi connectivity index (χ4n) is 3.13. The molecule has 0 aliphatic carbocycles. The van der Waals surface area contributed by atoms with Crippen LogP contribution in [0.5, 0.6) is 0 Å². The Morgan fingerprint density at radius 2 is 1.77 bits per heavy atom. The van der Waals surface area contributed by atoms with Gasteiger partial charge < -0.3 is 5.73 Å². The van der Waals surface area contributed by atoms with Crippen LogP contribution < -0.4 is 5.73 Å². The average molecular weight is 404 g/mol. The van der Waals surface area contributed by atoms with E-state index >= 15 is 0 Å². The van der Waals surface area contributed by atoms with Crippen LogP contribution in [0.1, 0.15) is 11.3 Å². The number of nitrogens with zero attached hydrogens (tertiary/aromatic N) is 4. The third kappa shape index (κ3) is 2.45. The second-order valence-corrected chi connectivity index (χ2v) is 6.72. The maximum atomic E-state index is 9.71. The van der Waals surface area contributed by atoms with Crippen LogP contribution in [0.2, 0.25) is 0 Å². The van der Waals surface area contributed by atoms with Gasteiger partial charge in [0.1, 0.15) is 17.5 Å². The minimum atomic E-state index is 0.197. The Morgan fingerprint density at radius 1 is 1.08 bits per heavy atom. The summed E-state index contributed by atoms with van der Waals surface area (Å²) in [6.07, 6.45) is 0. The number of nitrogen functional groups attached to an aromatic ring is 1. The molecule has 0 unspecified atom stereocenters. The van der Waals surface area contributed by atoms with Gasteiger partial charge in [0.05, 0.1) is 16.8 Å². The number of nitrogens with two attached hydrogens (primary N) is 1. The molecule has 4 aromatic rings. The number of fused-ring (bicyclic) bond motifs is 1. The molecule has 2 N–H and O–H groups in total. The van der Waals surface area contributed by atoms with Gasteiger partial charge in [0.2, 0.25) is 0 Å². The molecule has 4 rings (SSSR count). The Kier molecular flexibility index (Phi) is 3.94. The summed E-state index contributed by atoms with van der Waals surface area (Å²) in [5.74, 6) is 0.197. The molecule has 0 radical (unpaired) electrons. The zero-order valence-corrected chi connectivity index (χ0v) is 15.5. The highest BCUT2D eigenvalue weighted by molar-refractivity contribution is 9.10. The van der Waals surface area contributed by atoms with Crippen molar-refractivity contribution in [1.29, 1.82) is 5.26 Å². The van der Waals surface area contributed by atoms with Crippen LogP contribution in [0.4, 0.5) is 5.82 Å². The van der Waals surface area contributed by atoms with Crippen molar-refractivity contribution in [2.45, 2.75) is 6.92 Å². The van der Waals surface area contributed by atoms with Gasteiger partial charge in [-0.2, -0.15) is 10.4 Å². The molecule has 0 spiro atoms. The number of nitriles is 1. The highest BCUT2D eigenvalue weighted by Gasteiger charge is 2.22. The molecule has 126 valence electrons. The van der Waals surface area contributed by atoms with E-state index in [0.29, 0.717) is 11.2 Å². The first-order valence-corrected chi connectivity index (χ1v) is 8.80. The van der Waals surface area contributed by atoms with E-state index in [1.54, 1.807) is 4.68 Å². The molecular formula is C20H14BrN5. The van der Waals surface area contributed by atoms with Crippen LogP contribution in [0.15, 0.2) is 59.1 Å². The van der Waals surface area contributed by atoms with E-state index in [0.717, 1.165) is 32.4 Å². The standard InChI is InChI=1S/C20H14BrN5/c1-12-17-18(14-9-5-6-10-16(14)21)15(11-22)19(23)24-20(17)26(25-12)13-7-3-2-4-8-13/h2-10H,1H3,(H2,23,24). The van der Waals surface area contributed by atoms with E-state index < -0.39 is 0 Å². The first kappa shape index (κ1) is 16.3. The molecule has 2 aromatic carbocycles. The third-order valence-corrected chi connectivity index (χ3v) is 4.97. The Hall–Kier alpha value is -3.17. The van der Waals surface area contributed by atoms with Crippen LogP contribution in [0.25, 0.3) is 27.8 Å². The molecular weight excluding hydrogens is 390 g/mol. The highest BCUT2D eigenvalue weighted by atomic mass is 79.9. The quantitative estimate of drug-likeness (QED) is 0.529. The van der Waals surface area contributed by atoms with Gasteiger partial charge in [0, 0.05) is 10.0 Å². The van der Waals surface area contributed by atoms with E-state index in [-0.39, 0.29) is 5.82 Å². The van der Waals surface area contributed by atoms with Crippen molar-refractivity contribution >= 4 is 32.8 Å². The van der Waals surface area contributed by atoms with Crippen LogP contribution in [0, 0.1) is 18.3 Å². The van der Waals surface area contributed by atoms with Gasteiger partial charge >= 0.3 is 0 Å². The number of aromatic nitrogens is 3. The summed E-state index contributed by atoms with van der Waals surface area (Å²) in [6.45, 7) is 1.92. The average Bonchev–Trinajstić information content (AvgIpc) is 2.98. The zero-order valence-electron chi connectivity index (χ0n) is 13.9. The van der Waals surface area contributed by atoms with Crippen molar-refractivity contribution in [2.75, 3.05) is 5.73 Å². The first-order valence-electron chi connectivity index (χ1n) is 8.01. The van der Waals surface area contributed by atoms with Gasteiger partial charge in [-0.1, -0.05) is 52.3 Å². The van der Waals surface area contributed by atoms with Gasteiger partial charge in [-0.25, -0.2) is 9.67 Å². The summed E-state index contributed by atoms with van der Waals surface area (Å²) in [7, 11) is 0. The molecule has 0 fully saturated rings. The fourth-order valence-corrected chi connectivity index (χ4v) is 3.61. The van der Waals surface area contributed by atoms with Gasteiger partial charge in [-0.3, -0.25) is 0 Å².